The number of hydrogen-bond donors (Lipinski definition) is 1. The molecule has 5 rings (SSSR count). The Bertz CT molecular complexity index is 1200. The zero-order valence-corrected chi connectivity index (χ0v) is 21.1. The van der Waals surface area contributed by atoms with E-state index in [9.17, 15) is 9.46 Å². The molecule has 2 heterocycles. The second-order valence-electron chi connectivity index (χ2n) is 9.48. The highest BCUT2D eigenvalue weighted by atomic mass is 31.1. The van der Waals surface area contributed by atoms with E-state index < -0.39 is 8.25 Å². The molecule has 3 aliphatic rings. The van der Waals surface area contributed by atoms with E-state index in [0.29, 0.717) is 24.7 Å². The fraction of sp³-hybridized carbons (Fsp3) is 0.407. The molecule has 8 heteroatoms. The maximum absolute atomic E-state index is 11.4. The quantitative estimate of drug-likeness (QED) is 0.392. The molecular formula is C27H30O7P+. The van der Waals surface area contributed by atoms with Crippen molar-refractivity contribution in [3.8, 4) is 23.0 Å². The summed E-state index contributed by atoms with van der Waals surface area (Å²) in [6.45, 7) is 11.8. The van der Waals surface area contributed by atoms with Crippen molar-refractivity contribution in [3.63, 3.8) is 0 Å². The lowest BCUT2D eigenvalue weighted by atomic mass is 9.61. The minimum atomic E-state index is -2.89. The lowest BCUT2D eigenvalue weighted by Crippen LogP contribution is -2.32. The van der Waals surface area contributed by atoms with Crippen LogP contribution in [0.3, 0.4) is 0 Å². The molecule has 1 fully saturated rings. The molecule has 2 aliphatic heterocycles. The fourth-order valence-electron chi connectivity index (χ4n) is 5.99. The van der Waals surface area contributed by atoms with Crippen LogP contribution in [0.2, 0.25) is 0 Å². The van der Waals surface area contributed by atoms with Crippen molar-refractivity contribution in [1.82, 2.24) is 0 Å². The van der Waals surface area contributed by atoms with E-state index in [1.807, 2.05) is 12.1 Å². The first kappa shape index (κ1) is 23.7. The molecule has 1 N–H and O–H groups in total. The molecule has 7 nitrogen and oxygen atoms in total. The summed E-state index contributed by atoms with van der Waals surface area (Å²) in [6.07, 6.45) is 1.73. The number of fused-ring (bicyclic) bond motifs is 3. The molecule has 0 radical (unpaired) electrons. The van der Waals surface area contributed by atoms with Crippen LogP contribution < -0.4 is 18.7 Å². The molecule has 0 spiro atoms. The summed E-state index contributed by atoms with van der Waals surface area (Å²) in [5, 5.41) is 0. The Morgan fingerprint density at radius 3 is 2.49 bits per heavy atom. The monoisotopic (exact) mass is 497 g/mol. The molecule has 184 valence electrons. The highest BCUT2D eigenvalue weighted by Crippen LogP contribution is 2.58. The Morgan fingerprint density at radius 1 is 1.14 bits per heavy atom. The van der Waals surface area contributed by atoms with Gasteiger partial charge in [-0.3, -0.25) is 0 Å². The third-order valence-electron chi connectivity index (χ3n) is 7.38. The summed E-state index contributed by atoms with van der Waals surface area (Å²) in [7, 11) is 0.109. The van der Waals surface area contributed by atoms with Crippen LogP contribution in [0.4, 0.5) is 0 Å². The van der Waals surface area contributed by atoms with Crippen molar-refractivity contribution < 1.29 is 32.9 Å². The average Bonchev–Trinajstić information content (AvgIpc) is 3.44. The Kier molecular flexibility index (Phi) is 6.24. The Labute approximate surface area is 206 Å². The topological polar surface area (TPSA) is 83.5 Å². The lowest BCUT2D eigenvalue weighted by Gasteiger charge is -2.41. The number of benzene rings is 2. The standard InChI is InChI=1S/C27H29O7P/c1-14(2)8-18-19-12-22-16(6-7-32-22)9-20(19)26(25-15(3)33-13-21(18)25)17-10-23(30-4)27(34-35(28)29)24(11-17)31-5/h9-12,18,21,25-26H,1,3,6-8,13H2,2,4-5H3/p+1/t18-,21?,25?,26+/m0/s1. The molecule has 35 heavy (non-hydrogen) atoms. The van der Waals surface area contributed by atoms with Gasteiger partial charge in [0.1, 0.15) is 5.75 Å². The molecule has 3 unspecified atom stereocenters. The molecule has 5 atom stereocenters. The van der Waals surface area contributed by atoms with Crippen LogP contribution in [0.25, 0.3) is 0 Å². The fourth-order valence-corrected chi connectivity index (χ4v) is 6.32. The van der Waals surface area contributed by atoms with Gasteiger partial charge >= 0.3 is 8.25 Å². The number of methoxy groups -OCH3 is 2. The van der Waals surface area contributed by atoms with E-state index in [-0.39, 0.29) is 29.4 Å². The molecule has 1 saturated heterocycles. The van der Waals surface area contributed by atoms with Crippen LogP contribution in [-0.4, -0.2) is 32.3 Å². The van der Waals surface area contributed by atoms with Crippen LogP contribution in [0, 0.1) is 11.8 Å². The van der Waals surface area contributed by atoms with Crippen molar-refractivity contribution in [1.29, 1.82) is 0 Å². The molecule has 2 aromatic rings. The summed E-state index contributed by atoms with van der Waals surface area (Å²) >= 11 is 0. The Balaban J connectivity index is 1.73. The maximum atomic E-state index is 11.4. The zero-order chi connectivity index (χ0) is 24.9. The van der Waals surface area contributed by atoms with E-state index in [1.54, 1.807) is 0 Å². The third-order valence-corrected chi connectivity index (χ3v) is 7.72. The van der Waals surface area contributed by atoms with Crippen LogP contribution in [0.15, 0.2) is 48.8 Å². The van der Waals surface area contributed by atoms with Crippen LogP contribution in [0.5, 0.6) is 23.0 Å². The zero-order valence-electron chi connectivity index (χ0n) is 20.2. The molecule has 1 aliphatic carbocycles. The second kappa shape index (κ2) is 9.21. The van der Waals surface area contributed by atoms with Gasteiger partial charge in [0.05, 0.1) is 33.2 Å². The molecular weight excluding hydrogens is 467 g/mol. The van der Waals surface area contributed by atoms with Gasteiger partial charge < -0.3 is 18.9 Å². The predicted octanol–water partition coefficient (Wildman–Crippen LogP) is 5.64. The molecule has 0 saturated carbocycles. The highest BCUT2D eigenvalue weighted by Gasteiger charge is 2.49. The number of allylic oxidation sites excluding steroid dienone is 2. The molecule has 0 amide bonds. The van der Waals surface area contributed by atoms with Gasteiger partial charge in [-0.05, 0) is 59.7 Å². The second-order valence-corrected chi connectivity index (χ2v) is 10.1. The summed E-state index contributed by atoms with van der Waals surface area (Å²) in [5.41, 5.74) is 5.71. The lowest BCUT2D eigenvalue weighted by molar-refractivity contribution is 0.227. The largest absolute Gasteiger partial charge is 0.747 e. The van der Waals surface area contributed by atoms with Gasteiger partial charge in [0, 0.05) is 28.7 Å². The Morgan fingerprint density at radius 2 is 1.86 bits per heavy atom. The summed E-state index contributed by atoms with van der Waals surface area (Å²) in [6, 6.07) is 8.19. The van der Waals surface area contributed by atoms with Crippen molar-refractivity contribution in [2.75, 3.05) is 27.4 Å². The van der Waals surface area contributed by atoms with E-state index in [0.717, 1.165) is 35.5 Å². The van der Waals surface area contributed by atoms with Crippen LogP contribution in [0.1, 0.15) is 47.4 Å². The first-order chi connectivity index (χ1) is 16.8. The summed E-state index contributed by atoms with van der Waals surface area (Å²) in [5.74, 6) is 2.90. The highest BCUT2D eigenvalue weighted by molar-refractivity contribution is 7.32. The van der Waals surface area contributed by atoms with Gasteiger partial charge in [0.2, 0.25) is 0 Å². The number of rotatable bonds is 7. The van der Waals surface area contributed by atoms with Gasteiger partial charge in [0.25, 0.3) is 5.75 Å². The van der Waals surface area contributed by atoms with E-state index in [1.165, 1.54) is 30.9 Å². The van der Waals surface area contributed by atoms with Crippen LogP contribution >= 0.6 is 8.25 Å². The average molecular weight is 498 g/mol. The van der Waals surface area contributed by atoms with E-state index in [2.05, 4.69) is 32.2 Å². The third kappa shape index (κ3) is 4.07. The number of hydrogen-bond acceptors (Lipinski definition) is 6. The summed E-state index contributed by atoms with van der Waals surface area (Å²) in [4.78, 5) is 9.37. The minimum Gasteiger partial charge on any atom is -0.498 e. The number of ether oxygens (including phenoxy) is 4. The van der Waals surface area contributed by atoms with Crippen molar-refractivity contribution in [2.24, 2.45) is 11.8 Å². The van der Waals surface area contributed by atoms with Crippen molar-refractivity contribution in [3.05, 3.63) is 71.0 Å². The first-order valence-corrected chi connectivity index (χ1v) is 12.8. The normalized spacial score (nSPS) is 24.5. The molecule has 0 bridgehead atoms. The molecule has 2 aromatic carbocycles. The van der Waals surface area contributed by atoms with E-state index >= 15 is 0 Å². The van der Waals surface area contributed by atoms with Crippen molar-refractivity contribution >= 4 is 8.25 Å². The first-order valence-electron chi connectivity index (χ1n) is 11.7. The van der Waals surface area contributed by atoms with Gasteiger partial charge in [-0.2, -0.15) is 0 Å². The summed E-state index contributed by atoms with van der Waals surface area (Å²) < 4.78 is 39.7. The SMILES string of the molecule is C=C(C)C[C@H]1c2cc3c(cc2[C@@H](c2cc(OC)c(O[P+](=O)O)c(OC)c2)C2C(=C)OCC21)CCO3. The van der Waals surface area contributed by atoms with Gasteiger partial charge in [-0.1, -0.05) is 18.2 Å². The maximum Gasteiger partial charge on any atom is 0.747 e. The van der Waals surface area contributed by atoms with Gasteiger partial charge in [0.15, 0.2) is 11.5 Å². The predicted molar refractivity (Wildman–Crippen MR) is 132 cm³/mol. The smallest absolute Gasteiger partial charge is 0.498 e. The molecule has 0 aromatic heterocycles. The Hall–Kier alpha value is -3.02. The van der Waals surface area contributed by atoms with E-state index in [4.69, 9.17) is 23.5 Å². The minimum absolute atomic E-state index is 0.0443. The van der Waals surface area contributed by atoms with Crippen LogP contribution in [-0.2, 0) is 15.7 Å². The van der Waals surface area contributed by atoms with Gasteiger partial charge in [-0.15, -0.1) is 11.5 Å². The van der Waals surface area contributed by atoms with Crippen molar-refractivity contribution in [2.45, 2.75) is 31.6 Å². The van der Waals surface area contributed by atoms with Gasteiger partial charge in [-0.25, -0.2) is 4.52 Å².